The van der Waals surface area contributed by atoms with Crippen LogP contribution in [-0.2, 0) is 0 Å². The lowest BCUT2D eigenvalue weighted by Crippen LogP contribution is -1.83. The largest absolute Gasteiger partial charge is 0.103 e. The van der Waals surface area contributed by atoms with Crippen molar-refractivity contribution in [3.05, 3.63) is 107 Å². The van der Waals surface area contributed by atoms with Crippen molar-refractivity contribution in [3.63, 3.8) is 0 Å². The lowest BCUT2D eigenvalue weighted by Gasteiger charge is -2.06. The minimum absolute atomic E-state index is 0.659. The van der Waals surface area contributed by atoms with Crippen LogP contribution in [0.2, 0.25) is 0 Å². The van der Waals surface area contributed by atoms with Crippen molar-refractivity contribution in [2.24, 2.45) is 0 Å². The van der Waals surface area contributed by atoms with Crippen LogP contribution in [0, 0.1) is 6.92 Å². The van der Waals surface area contributed by atoms with E-state index in [0.717, 1.165) is 10.9 Å². The second-order valence-corrected chi connectivity index (χ2v) is 8.21. The van der Waals surface area contributed by atoms with Crippen molar-refractivity contribution in [1.82, 2.24) is 0 Å². The van der Waals surface area contributed by atoms with Crippen molar-refractivity contribution < 1.29 is 0 Å². The highest BCUT2D eigenvalue weighted by Gasteiger charge is 2.01. The van der Waals surface area contributed by atoms with Crippen molar-refractivity contribution in [2.45, 2.75) is 60.3 Å². The van der Waals surface area contributed by atoms with Gasteiger partial charge in [-0.15, -0.1) is 6.58 Å². The molecule has 3 aromatic rings. The molecular formula is C29H39Br. The Morgan fingerprint density at radius 1 is 0.833 bits per heavy atom. The average Bonchev–Trinajstić information content (AvgIpc) is 2.78. The van der Waals surface area contributed by atoms with E-state index in [2.05, 4.69) is 131 Å². The molecule has 0 heterocycles. The number of hydrogen-bond acceptors (Lipinski definition) is 0. The Balaban J connectivity index is 0.000000451. The predicted octanol–water partition coefficient (Wildman–Crippen LogP) is 10.2. The summed E-state index contributed by atoms with van der Waals surface area (Å²) in [5.41, 5.74) is 5.28. The molecule has 162 valence electrons. The number of rotatable bonds is 3. The van der Waals surface area contributed by atoms with Crippen molar-refractivity contribution in [1.29, 1.82) is 0 Å². The molecule has 3 aromatic carbocycles. The standard InChI is InChI=1S/C13H11Br.C9H12.C4H8.C3H8/c1-10-7-8-12(14)9-13(10)11-5-3-2-4-6-11;1-8(2)9-6-4-3-5-7-9;1-3-4-2;1-3-2/h2-9H,1H3;3-8H,1-2H3;3H,1,4H2,2H3;3H2,1-2H3. The highest BCUT2D eigenvalue weighted by Crippen LogP contribution is 2.26. The fourth-order valence-corrected chi connectivity index (χ4v) is 2.72. The van der Waals surface area contributed by atoms with Crippen LogP contribution in [-0.4, -0.2) is 0 Å². The van der Waals surface area contributed by atoms with Gasteiger partial charge < -0.3 is 0 Å². The van der Waals surface area contributed by atoms with E-state index in [9.17, 15) is 0 Å². The summed E-state index contributed by atoms with van der Waals surface area (Å²) in [6.45, 7) is 16.3. The van der Waals surface area contributed by atoms with E-state index in [-0.39, 0.29) is 0 Å². The molecule has 0 aromatic heterocycles. The predicted molar refractivity (Wildman–Crippen MR) is 141 cm³/mol. The first-order valence-electron chi connectivity index (χ1n) is 10.9. The highest BCUT2D eigenvalue weighted by atomic mass is 79.9. The van der Waals surface area contributed by atoms with Crippen LogP contribution < -0.4 is 0 Å². The van der Waals surface area contributed by atoms with Crippen LogP contribution in [0.3, 0.4) is 0 Å². The first-order chi connectivity index (χ1) is 14.4. The second-order valence-electron chi connectivity index (χ2n) is 7.29. The van der Waals surface area contributed by atoms with Gasteiger partial charge in [0, 0.05) is 4.47 Å². The molecule has 0 amide bonds. The minimum atomic E-state index is 0.659. The minimum Gasteiger partial charge on any atom is -0.103 e. The maximum atomic E-state index is 3.49. The van der Waals surface area contributed by atoms with E-state index >= 15 is 0 Å². The Morgan fingerprint density at radius 2 is 1.30 bits per heavy atom. The van der Waals surface area contributed by atoms with Gasteiger partial charge in [0.2, 0.25) is 0 Å². The third-order valence-corrected chi connectivity index (χ3v) is 4.53. The summed E-state index contributed by atoms with van der Waals surface area (Å²) in [5.74, 6) is 0.659. The molecule has 30 heavy (non-hydrogen) atoms. The second kappa shape index (κ2) is 17.7. The molecular weight excluding hydrogens is 428 g/mol. The van der Waals surface area contributed by atoms with E-state index in [1.54, 1.807) is 0 Å². The van der Waals surface area contributed by atoms with Crippen LogP contribution in [0.4, 0.5) is 0 Å². The van der Waals surface area contributed by atoms with Gasteiger partial charge in [0.1, 0.15) is 0 Å². The fourth-order valence-electron chi connectivity index (χ4n) is 2.36. The third-order valence-electron chi connectivity index (χ3n) is 4.04. The van der Waals surface area contributed by atoms with Crippen LogP contribution in [0.1, 0.15) is 64.5 Å². The molecule has 0 spiro atoms. The Labute approximate surface area is 194 Å². The lowest BCUT2D eigenvalue weighted by molar-refractivity contribution is 0.867. The molecule has 0 aliphatic carbocycles. The van der Waals surface area contributed by atoms with E-state index in [1.807, 2.05) is 18.2 Å². The van der Waals surface area contributed by atoms with Crippen molar-refractivity contribution in [3.8, 4) is 11.1 Å². The zero-order chi connectivity index (χ0) is 22.8. The first-order valence-corrected chi connectivity index (χ1v) is 11.7. The molecule has 0 aliphatic heterocycles. The normalized spacial score (nSPS) is 9.20. The summed E-state index contributed by atoms with van der Waals surface area (Å²) in [4.78, 5) is 0. The number of hydrogen-bond donors (Lipinski definition) is 0. The van der Waals surface area contributed by atoms with Crippen molar-refractivity contribution >= 4 is 15.9 Å². The highest BCUT2D eigenvalue weighted by molar-refractivity contribution is 9.10. The van der Waals surface area contributed by atoms with E-state index in [1.165, 1.54) is 28.7 Å². The molecule has 0 unspecified atom stereocenters. The lowest BCUT2D eigenvalue weighted by atomic mass is 10.0. The zero-order valence-corrected chi connectivity index (χ0v) is 21.2. The summed E-state index contributed by atoms with van der Waals surface area (Å²) in [5, 5.41) is 0. The summed E-state index contributed by atoms with van der Waals surface area (Å²) >= 11 is 3.49. The van der Waals surface area contributed by atoms with Gasteiger partial charge in [-0.1, -0.05) is 130 Å². The van der Waals surface area contributed by atoms with Gasteiger partial charge in [-0.25, -0.2) is 0 Å². The molecule has 0 nitrogen and oxygen atoms in total. The topological polar surface area (TPSA) is 0 Å². The number of halogens is 1. The molecule has 0 saturated heterocycles. The van der Waals surface area contributed by atoms with E-state index in [4.69, 9.17) is 0 Å². The van der Waals surface area contributed by atoms with E-state index < -0.39 is 0 Å². The third kappa shape index (κ3) is 12.4. The van der Waals surface area contributed by atoms with Gasteiger partial charge in [0.15, 0.2) is 0 Å². The molecule has 0 bridgehead atoms. The Bertz CT molecular complexity index is 789. The Morgan fingerprint density at radius 3 is 1.70 bits per heavy atom. The average molecular weight is 468 g/mol. The molecule has 0 saturated carbocycles. The number of benzene rings is 3. The van der Waals surface area contributed by atoms with Crippen molar-refractivity contribution in [2.75, 3.05) is 0 Å². The van der Waals surface area contributed by atoms with E-state index in [0.29, 0.717) is 5.92 Å². The monoisotopic (exact) mass is 466 g/mol. The molecule has 0 fully saturated rings. The number of aryl methyl sites for hydroxylation is 1. The van der Waals surface area contributed by atoms with Crippen LogP contribution in [0.15, 0.2) is 96.0 Å². The van der Waals surface area contributed by atoms with Crippen LogP contribution >= 0.6 is 15.9 Å². The molecule has 0 aliphatic rings. The number of allylic oxidation sites excluding steroid dienone is 1. The van der Waals surface area contributed by atoms with Gasteiger partial charge >= 0.3 is 0 Å². The summed E-state index contributed by atoms with van der Waals surface area (Å²) < 4.78 is 1.13. The summed E-state index contributed by atoms with van der Waals surface area (Å²) in [6.07, 6.45) is 4.21. The van der Waals surface area contributed by atoms with Crippen LogP contribution in [0.25, 0.3) is 11.1 Å². The maximum Gasteiger partial charge on any atom is 0.0181 e. The van der Waals surface area contributed by atoms with Gasteiger partial charge in [-0.05, 0) is 53.6 Å². The fraction of sp³-hybridized carbons (Fsp3) is 0.310. The maximum absolute atomic E-state index is 3.49. The molecule has 0 atom stereocenters. The van der Waals surface area contributed by atoms with Gasteiger partial charge in [-0.3, -0.25) is 0 Å². The quantitative estimate of drug-likeness (QED) is 0.336. The Hall–Kier alpha value is -2.12. The summed E-state index contributed by atoms with van der Waals surface area (Å²) in [6, 6.07) is 27.3. The molecule has 0 N–H and O–H groups in total. The molecule has 1 heteroatoms. The molecule has 0 radical (unpaired) electrons. The molecule has 3 rings (SSSR count). The Kier molecular flexibility index (Phi) is 16.5. The zero-order valence-electron chi connectivity index (χ0n) is 19.7. The smallest absolute Gasteiger partial charge is 0.0181 e. The van der Waals surface area contributed by atoms with Gasteiger partial charge in [-0.2, -0.15) is 0 Å². The first kappa shape index (κ1) is 27.9. The van der Waals surface area contributed by atoms with Gasteiger partial charge in [0.05, 0.1) is 0 Å². The summed E-state index contributed by atoms with van der Waals surface area (Å²) in [7, 11) is 0. The van der Waals surface area contributed by atoms with Crippen LogP contribution in [0.5, 0.6) is 0 Å². The van der Waals surface area contributed by atoms with Gasteiger partial charge in [0.25, 0.3) is 0 Å². The SMILES string of the molecule is C=CCC.CC(C)c1ccccc1.CCC.Cc1ccc(Br)cc1-c1ccccc1.